The van der Waals surface area contributed by atoms with Crippen LogP contribution in [0.4, 0.5) is 23.2 Å². The van der Waals surface area contributed by atoms with Gasteiger partial charge in [-0.05, 0) is 30.7 Å². The first-order valence-corrected chi connectivity index (χ1v) is 9.73. The summed E-state index contributed by atoms with van der Waals surface area (Å²) in [6, 6.07) is 10.6. The van der Waals surface area contributed by atoms with E-state index >= 15 is 0 Å². The quantitative estimate of drug-likeness (QED) is 0.357. The van der Waals surface area contributed by atoms with Crippen LogP contribution in [0, 0.1) is 5.82 Å². The number of benzene rings is 2. The van der Waals surface area contributed by atoms with Gasteiger partial charge in [0.2, 0.25) is 0 Å². The maximum Gasteiger partial charge on any atom is 0.435 e. The smallest absolute Gasteiger partial charge is 0.377 e. The zero-order chi connectivity index (χ0) is 22.3. The summed E-state index contributed by atoms with van der Waals surface area (Å²) in [6.07, 6.45) is -1.86. The molecule has 0 aliphatic rings. The number of aromatic nitrogens is 3. The molecular formula is C22H17ClF4N4. The summed E-state index contributed by atoms with van der Waals surface area (Å²) in [7, 11) is 1.41. The highest BCUT2D eigenvalue weighted by Gasteiger charge is 2.37. The number of para-hydroxylation sites is 1. The first-order chi connectivity index (χ1) is 14.6. The third-order valence-electron chi connectivity index (χ3n) is 4.96. The van der Waals surface area contributed by atoms with Gasteiger partial charge in [-0.3, -0.25) is 9.67 Å². The van der Waals surface area contributed by atoms with E-state index in [1.807, 2.05) is 24.3 Å². The number of pyridine rings is 1. The van der Waals surface area contributed by atoms with Crippen LogP contribution >= 0.6 is 11.6 Å². The molecule has 2 heterocycles. The molecule has 1 N–H and O–H groups in total. The zero-order valence-electron chi connectivity index (χ0n) is 16.5. The van der Waals surface area contributed by atoms with E-state index in [1.165, 1.54) is 31.6 Å². The van der Waals surface area contributed by atoms with Crippen molar-refractivity contribution in [1.82, 2.24) is 14.8 Å². The summed E-state index contributed by atoms with van der Waals surface area (Å²) < 4.78 is 55.9. The summed E-state index contributed by atoms with van der Waals surface area (Å²) >= 11 is 6.32. The Bertz CT molecular complexity index is 1270. The molecule has 0 fully saturated rings. The minimum absolute atomic E-state index is 0.115. The molecule has 0 saturated heterocycles. The number of anilines is 1. The first kappa shape index (κ1) is 21.1. The van der Waals surface area contributed by atoms with Crippen molar-refractivity contribution in [3.63, 3.8) is 0 Å². The number of hydrogen-bond donors (Lipinski definition) is 1. The average molecular weight is 449 g/mol. The van der Waals surface area contributed by atoms with Crippen LogP contribution in [0.15, 0.2) is 54.9 Å². The van der Waals surface area contributed by atoms with Gasteiger partial charge in [0, 0.05) is 36.0 Å². The van der Waals surface area contributed by atoms with E-state index < -0.39 is 23.7 Å². The summed E-state index contributed by atoms with van der Waals surface area (Å²) in [6.45, 7) is 1.71. The van der Waals surface area contributed by atoms with Crippen molar-refractivity contribution in [3.8, 4) is 11.1 Å². The Morgan fingerprint density at radius 3 is 2.61 bits per heavy atom. The van der Waals surface area contributed by atoms with Gasteiger partial charge in [-0.1, -0.05) is 35.9 Å². The molecule has 31 heavy (non-hydrogen) atoms. The van der Waals surface area contributed by atoms with Crippen molar-refractivity contribution in [2.75, 3.05) is 5.32 Å². The molecule has 0 unspecified atom stereocenters. The molecule has 0 aliphatic heterocycles. The fourth-order valence-electron chi connectivity index (χ4n) is 3.51. The van der Waals surface area contributed by atoms with Crippen LogP contribution in [0.5, 0.6) is 0 Å². The second kappa shape index (κ2) is 7.85. The van der Waals surface area contributed by atoms with Gasteiger partial charge in [0.05, 0.1) is 22.3 Å². The molecule has 160 valence electrons. The lowest BCUT2D eigenvalue weighted by atomic mass is 9.99. The Kier molecular flexibility index (Phi) is 5.35. The van der Waals surface area contributed by atoms with E-state index in [4.69, 9.17) is 11.6 Å². The Balaban J connectivity index is 1.75. The van der Waals surface area contributed by atoms with Crippen molar-refractivity contribution >= 4 is 28.2 Å². The highest BCUT2D eigenvalue weighted by atomic mass is 35.5. The highest BCUT2D eigenvalue weighted by molar-refractivity contribution is 6.34. The van der Waals surface area contributed by atoms with Crippen molar-refractivity contribution in [3.05, 3.63) is 77.0 Å². The van der Waals surface area contributed by atoms with Crippen LogP contribution in [0.25, 0.3) is 22.0 Å². The molecule has 9 heteroatoms. The average Bonchev–Trinajstić information content (AvgIpc) is 3.12. The van der Waals surface area contributed by atoms with Gasteiger partial charge in [-0.15, -0.1) is 0 Å². The van der Waals surface area contributed by atoms with E-state index in [-0.39, 0.29) is 16.7 Å². The van der Waals surface area contributed by atoms with Crippen molar-refractivity contribution < 1.29 is 17.6 Å². The number of rotatable bonds is 4. The number of fused-ring (bicyclic) bond motifs is 1. The lowest BCUT2D eigenvalue weighted by Gasteiger charge is -2.20. The monoisotopic (exact) mass is 448 g/mol. The molecule has 0 amide bonds. The van der Waals surface area contributed by atoms with Gasteiger partial charge in [0.1, 0.15) is 5.82 Å². The molecule has 2 aromatic carbocycles. The number of nitrogens with zero attached hydrogens (tertiary/aromatic N) is 3. The molecule has 0 bridgehead atoms. The summed E-state index contributed by atoms with van der Waals surface area (Å²) in [5.74, 6) is -0.546. The number of aryl methyl sites for hydroxylation is 1. The minimum atomic E-state index is -4.63. The molecule has 2 aromatic heterocycles. The first-order valence-electron chi connectivity index (χ1n) is 9.35. The predicted molar refractivity (Wildman–Crippen MR) is 112 cm³/mol. The van der Waals surface area contributed by atoms with E-state index in [9.17, 15) is 17.6 Å². The molecule has 4 nitrogen and oxygen atoms in total. The van der Waals surface area contributed by atoms with Gasteiger partial charge in [0.15, 0.2) is 5.69 Å². The fraction of sp³-hybridized carbons (Fsp3) is 0.182. The number of hydrogen-bond acceptors (Lipinski definition) is 3. The van der Waals surface area contributed by atoms with E-state index in [2.05, 4.69) is 15.4 Å². The molecule has 4 aromatic rings. The zero-order valence-corrected chi connectivity index (χ0v) is 17.3. The van der Waals surface area contributed by atoms with Gasteiger partial charge < -0.3 is 5.32 Å². The summed E-state index contributed by atoms with van der Waals surface area (Å²) in [5, 5.41) is 7.82. The maximum absolute atomic E-state index is 14.7. The normalized spacial score (nSPS) is 12.9. The largest absolute Gasteiger partial charge is 0.435 e. The molecule has 0 radical (unpaired) electrons. The van der Waals surface area contributed by atoms with Crippen LogP contribution < -0.4 is 5.32 Å². The molecule has 0 saturated carbocycles. The molecule has 4 rings (SSSR count). The molecule has 0 spiro atoms. The lowest BCUT2D eigenvalue weighted by Crippen LogP contribution is -2.11. The Labute approximate surface area is 180 Å². The standard InChI is InChI=1S/C22H17ClF4N4/c1-12(29-20-14-5-3-4-6-19(14)28-10-17(20)23)15-9-13(7-8-18(15)24)16-11-31(2)30-21(16)22(25,26)27/h3-12H,1-2H3,(H,28,29)/t12-/m1/s1. The van der Waals surface area contributed by atoms with Crippen LogP contribution in [-0.4, -0.2) is 14.8 Å². The van der Waals surface area contributed by atoms with E-state index in [0.717, 1.165) is 16.1 Å². The van der Waals surface area contributed by atoms with Gasteiger partial charge in [-0.25, -0.2) is 4.39 Å². The van der Waals surface area contributed by atoms with Gasteiger partial charge >= 0.3 is 6.18 Å². The van der Waals surface area contributed by atoms with Crippen LogP contribution in [0.2, 0.25) is 5.02 Å². The third-order valence-corrected chi connectivity index (χ3v) is 5.25. The Morgan fingerprint density at radius 1 is 1.13 bits per heavy atom. The highest BCUT2D eigenvalue weighted by Crippen LogP contribution is 2.38. The van der Waals surface area contributed by atoms with Crippen LogP contribution in [0.3, 0.4) is 0 Å². The second-order valence-electron chi connectivity index (χ2n) is 7.16. The number of halogens is 5. The third kappa shape index (κ3) is 4.07. The fourth-order valence-corrected chi connectivity index (χ4v) is 3.72. The molecule has 0 aliphatic carbocycles. The van der Waals surface area contributed by atoms with Gasteiger partial charge in [0.25, 0.3) is 0 Å². The summed E-state index contributed by atoms with van der Waals surface area (Å²) in [4.78, 5) is 4.27. The topological polar surface area (TPSA) is 42.7 Å². The van der Waals surface area contributed by atoms with E-state index in [1.54, 1.807) is 6.92 Å². The SMILES string of the molecule is C[C@@H](Nc1c(Cl)cnc2ccccc12)c1cc(-c2cn(C)nc2C(F)(F)F)ccc1F. The van der Waals surface area contributed by atoms with Crippen molar-refractivity contribution in [2.45, 2.75) is 19.1 Å². The van der Waals surface area contributed by atoms with Crippen molar-refractivity contribution in [2.24, 2.45) is 7.05 Å². The number of nitrogens with one attached hydrogen (secondary N) is 1. The van der Waals surface area contributed by atoms with Crippen LogP contribution in [-0.2, 0) is 13.2 Å². The Morgan fingerprint density at radius 2 is 1.87 bits per heavy atom. The van der Waals surface area contributed by atoms with Gasteiger partial charge in [-0.2, -0.15) is 18.3 Å². The summed E-state index contributed by atoms with van der Waals surface area (Å²) in [5.41, 5.74) is 0.567. The minimum Gasteiger partial charge on any atom is -0.377 e. The Hall–Kier alpha value is -3.13. The maximum atomic E-state index is 14.7. The predicted octanol–water partition coefficient (Wildman–Crippen LogP) is 6.62. The van der Waals surface area contributed by atoms with Crippen LogP contribution in [0.1, 0.15) is 24.2 Å². The number of alkyl halides is 3. The van der Waals surface area contributed by atoms with E-state index in [0.29, 0.717) is 16.2 Å². The second-order valence-corrected chi connectivity index (χ2v) is 7.57. The van der Waals surface area contributed by atoms with Crippen molar-refractivity contribution in [1.29, 1.82) is 0 Å². The lowest BCUT2D eigenvalue weighted by molar-refractivity contribution is -0.140. The molecular weight excluding hydrogens is 432 g/mol. The molecule has 1 atom stereocenters.